The van der Waals surface area contributed by atoms with Crippen LogP contribution in [-0.2, 0) is 14.4 Å². The second-order valence-electron chi connectivity index (χ2n) is 12.4. The number of aromatic nitrogens is 2. The zero-order chi connectivity index (χ0) is 33.0. The largest absolute Gasteiger partial charge is 0.467 e. The molecule has 0 spiro atoms. The molecule has 46 heavy (non-hydrogen) atoms. The standard InChI is InChI=1S/C31H41N7O8/c1-31(2,45)26(29(42)35-14-16-36(17-15-35)30(43)44)33-27(40)22-18-25(38(34-22)21-10-4-3-5-11-21)46-19-24(39)37-13-7-12-23(37)28(41)32-20-8-6-9-20/h3-5,10-11,18,20,23,26,45H,6-9,12-17,19H2,1-2H3,(H,32,41)(H,33,40)(H,43,44)/t23-,26+/m0/s1. The zero-order valence-corrected chi connectivity index (χ0v) is 26.1. The van der Waals surface area contributed by atoms with E-state index in [9.17, 15) is 34.2 Å². The first kappa shape index (κ1) is 32.7. The molecule has 15 heteroatoms. The van der Waals surface area contributed by atoms with Crippen molar-refractivity contribution in [3.8, 4) is 11.6 Å². The van der Waals surface area contributed by atoms with E-state index in [2.05, 4.69) is 15.7 Å². The first-order valence-electron chi connectivity index (χ1n) is 15.6. The van der Waals surface area contributed by atoms with E-state index in [1.165, 1.54) is 39.3 Å². The Hall–Kier alpha value is -4.66. The smallest absolute Gasteiger partial charge is 0.407 e. The van der Waals surface area contributed by atoms with E-state index >= 15 is 0 Å². The molecule has 3 fully saturated rings. The maximum Gasteiger partial charge on any atom is 0.407 e. The van der Waals surface area contributed by atoms with Gasteiger partial charge in [0.25, 0.3) is 11.8 Å². The normalized spacial score (nSPS) is 19.3. The van der Waals surface area contributed by atoms with Crippen LogP contribution in [0.1, 0.15) is 56.4 Å². The highest BCUT2D eigenvalue weighted by molar-refractivity contribution is 5.97. The van der Waals surface area contributed by atoms with Crippen LogP contribution in [0.25, 0.3) is 5.69 Å². The van der Waals surface area contributed by atoms with Gasteiger partial charge in [0.15, 0.2) is 12.3 Å². The van der Waals surface area contributed by atoms with Gasteiger partial charge in [0, 0.05) is 44.8 Å². The molecule has 0 bridgehead atoms. The highest BCUT2D eigenvalue weighted by Crippen LogP contribution is 2.24. The maximum absolute atomic E-state index is 13.5. The maximum atomic E-state index is 13.5. The number of likely N-dealkylation sites (tertiary alicyclic amines) is 1. The van der Waals surface area contributed by atoms with Gasteiger partial charge in [-0.3, -0.25) is 19.2 Å². The van der Waals surface area contributed by atoms with E-state index in [1.807, 2.05) is 6.07 Å². The van der Waals surface area contributed by atoms with Gasteiger partial charge in [-0.05, 0) is 58.1 Å². The van der Waals surface area contributed by atoms with E-state index in [0.29, 0.717) is 25.1 Å². The van der Waals surface area contributed by atoms with Crippen LogP contribution in [0.4, 0.5) is 4.79 Å². The number of rotatable bonds is 10. The van der Waals surface area contributed by atoms with Crippen LogP contribution in [0.5, 0.6) is 5.88 Å². The number of piperazine rings is 1. The molecule has 248 valence electrons. The fraction of sp³-hybridized carbons (Fsp3) is 0.548. The third-order valence-corrected chi connectivity index (χ3v) is 8.67. The van der Waals surface area contributed by atoms with Crippen molar-refractivity contribution in [1.29, 1.82) is 0 Å². The summed E-state index contributed by atoms with van der Waals surface area (Å²) in [6, 6.07) is 8.43. The van der Waals surface area contributed by atoms with Crippen LogP contribution in [-0.4, -0.2) is 127 Å². The summed E-state index contributed by atoms with van der Waals surface area (Å²) < 4.78 is 7.26. The van der Waals surface area contributed by atoms with Crippen molar-refractivity contribution in [3.63, 3.8) is 0 Å². The Balaban J connectivity index is 1.29. The van der Waals surface area contributed by atoms with Gasteiger partial charge in [-0.1, -0.05) is 18.2 Å². The van der Waals surface area contributed by atoms with Crippen molar-refractivity contribution in [1.82, 2.24) is 35.1 Å². The number of carbonyl (C=O) groups is 5. The molecular formula is C31H41N7O8. The van der Waals surface area contributed by atoms with E-state index in [-0.39, 0.29) is 62.2 Å². The van der Waals surface area contributed by atoms with Gasteiger partial charge in [0.05, 0.1) is 11.3 Å². The Kier molecular flexibility index (Phi) is 9.79. The minimum atomic E-state index is -1.67. The molecule has 1 aromatic heterocycles. The number of hydrogen-bond acceptors (Lipinski definition) is 8. The second kappa shape index (κ2) is 13.8. The number of carbonyl (C=O) groups excluding carboxylic acids is 4. The fourth-order valence-electron chi connectivity index (χ4n) is 5.78. The van der Waals surface area contributed by atoms with Gasteiger partial charge in [0.2, 0.25) is 17.7 Å². The summed E-state index contributed by atoms with van der Waals surface area (Å²) in [5.41, 5.74) is -1.24. The van der Waals surface area contributed by atoms with Gasteiger partial charge >= 0.3 is 6.09 Å². The Labute approximate surface area is 266 Å². The first-order chi connectivity index (χ1) is 21.9. The predicted octanol–water partition coefficient (Wildman–Crippen LogP) is 0.602. The van der Waals surface area contributed by atoms with Gasteiger partial charge in [-0.2, -0.15) is 5.10 Å². The number of benzene rings is 1. The highest BCUT2D eigenvalue weighted by Gasteiger charge is 2.40. The molecule has 2 aliphatic heterocycles. The quantitative estimate of drug-likeness (QED) is 0.289. The lowest BCUT2D eigenvalue weighted by Crippen LogP contribution is -2.61. The number of nitrogens with zero attached hydrogens (tertiary/aromatic N) is 5. The molecule has 3 aliphatic rings. The first-order valence-corrected chi connectivity index (χ1v) is 15.6. The third-order valence-electron chi connectivity index (χ3n) is 8.67. The van der Waals surface area contributed by atoms with Gasteiger partial charge in [-0.15, -0.1) is 0 Å². The van der Waals surface area contributed by atoms with Crippen molar-refractivity contribution >= 4 is 29.7 Å². The van der Waals surface area contributed by atoms with Crippen LogP contribution in [0.15, 0.2) is 36.4 Å². The Morgan fingerprint density at radius 3 is 2.26 bits per heavy atom. The van der Waals surface area contributed by atoms with E-state index in [0.717, 1.165) is 19.3 Å². The lowest BCUT2D eigenvalue weighted by molar-refractivity contribution is -0.140. The van der Waals surface area contributed by atoms with Gasteiger partial charge in [0.1, 0.15) is 12.1 Å². The summed E-state index contributed by atoms with van der Waals surface area (Å²) >= 11 is 0. The molecular weight excluding hydrogens is 598 g/mol. The van der Waals surface area contributed by atoms with Crippen LogP contribution in [0.3, 0.4) is 0 Å². The predicted molar refractivity (Wildman–Crippen MR) is 163 cm³/mol. The average Bonchev–Trinajstić information content (AvgIpc) is 3.68. The average molecular weight is 640 g/mol. The number of para-hydroxylation sites is 1. The van der Waals surface area contributed by atoms with Gasteiger partial charge < -0.3 is 40.3 Å². The lowest BCUT2D eigenvalue weighted by atomic mass is 9.93. The molecule has 2 atom stereocenters. The SMILES string of the molecule is CC(C)(O)[C@H](NC(=O)c1cc(OCC(=O)N2CCC[C@H]2C(=O)NC2CCC2)n(-c2ccccc2)n1)C(=O)N1CCN(C(=O)O)CC1. The van der Waals surface area contributed by atoms with Crippen molar-refractivity contribution < 1.29 is 38.9 Å². The molecule has 1 aromatic carbocycles. The second-order valence-corrected chi connectivity index (χ2v) is 12.4. The van der Waals surface area contributed by atoms with Gasteiger partial charge in [-0.25, -0.2) is 9.48 Å². The number of aliphatic hydroxyl groups is 1. The topological polar surface area (TPSA) is 187 Å². The minimum Gasteiger partial charge on any atom is -0.467 e. The number of hydrogen-bond donors (Lipinski definition) is 4. The van der Waals surface area contributed by atoms with Crippen molar-refractivity contribution in [2.45, 2.75) is 69.7 Å². The molecule has 5 amide bonds. The molecule has 0 radical (unpaired) electrons. The van der Waals surface area contributed by atoms with Crippen molar-refractivity contribution in [2.24, 2.45) is 0 Å². The molecule has 2 aromatic rings. The van der Waals surface area contributed by atoms with Crippen LogP contribution in [0, 0.1) is 0 Å². The van der Waals surface area contributed by atoms with Crippen LogP contribution < -0.4 is 15.4 Å². The van der Waals surface area contributed by atoms with Crippen LogP contribution in [0.2, 0.25) is 0 Å². The summed E-state index contributed by atoms with van der Waals surface area (Å²) in [7, 11) is 0. The molecule has 15 nitrogen and oxygen atoms in total. The number of carboxylic acid groups (broad SMARTS) is 1. The number of amides is 5. The Morgan fingerprint density at radius 1 is 0.978 bits per heavy atom. The molecule has 1 saturated carbocycles. The van der Waals surface area contributed by atoms with Crippen LogP contribution >= 0.6 is 0 Å². The molecule has 3 heterocycles. The summed E-state index contributed by atoms with van der Waals surface area (Å²) in [5.74, 6) is -1.74. The highest BCUT2D eigenvalue weighted by atomic mass is 16.5. The molecule has 2 saturated heterocycles. The number of nitrogens with one attached hydrogen (secondary N) is 2. The monoisotopic (exact) mass is 639 g/mol. The zero-order valence-electron chi connectivity index (χ0n) is 26.1. The molecule has 4 N–H and O–H groups in total. The summed E-state index contributed by atoms with van der Waals surface area (Å²) in [4.78, 5) is 68.3. The van der Waals surface area contributed by atoms with E-state index in [1.54, 1.807) is 24.3 Å². The summed E-state index contributed by atoms with van der Waals surface area (Å²) in [5, 5.41) is 30.1. The lowest BCUT2D eigenvalue weighted by Gasteiger charge is -2.38. The van der Waals surface area contributed by atoms with E-state index in [4.69, 9.17) is 4.74 Å². The summed E-state index contributed by atoms with van der Waals surface area (Å²) in [6.45, 7) is 3.28. The van der Waals surface area contributed by atoms with Crippen molar-refractivity contribution in [3.05, 3.63) is 42.1 Å². The Morgan fingerprint density at radius 2 is 1.65 bits per heavy atom. The minimum absolute atomic E-state index is 0.0929. The molecule has 5 rings (SSSR count). The molecule has 0 unspecified atom stereocenters. The van der Waals surface area contributed by atoms with E-state index < -0.39 is 35.6 Å². The number of ether oxygens (including phenoxy) is 1. The molecule has 1 aliphatic carbocycles. The Bertz CT molecular complexity index is 1440. The van der Waals surface area contributed by atoms with Crippen molar-refractivity contribution in [2.75, 3.05) is 39.3 Å². The fourth-order valence-corrected chi connectivity index (χ4v) is 5.78. The third kappa shape index (κ3) is 7.41. The summed E-state index contributed by atoms with van der Waals surface area (Å²) in [6.07, 6.45) is 3.18.